The van der Waals surface area contributed by atoms with Crippen molar-refractivity contribution in [2.24, 2.45) is 0 Å². The molecule has 136 valence electrons. The maximum Gasteiger partial charge on any atom is 0.294 e. The van der Waals surface area contributed by atoms with Crippen LogP contribution in [0.2, 0.25) is 0 Å². The number of furan rings is 1. The van der Waals surface area contributed by atoms with E-state index < -0.39 is 17.7 Å². The van der Waals surface area contributed by atoms with Crippen molar-refractivity contribution >= 4 is 17.4 Å². The Bertz CT molecular complexity index is 863. The molecule has 6 nitrogen and oxygen atoms in total. The van der Waals surface area contributed by atoms with Gasteiger partial charge in [-0.1, -0.05) is 6.92 Å². The minimum Gasteiger partial charge on any atom is -0.503 e. The summed E-state index contributed by atoms with van der Waals surface area (Å²) < 4.78 is 11.1. The van der Waals surface area contributed by atoms with Crippen LogP contribution in [0.1, 0.15) is 37.8 Å². The molecule has 2 aromatic rings. The van der Waals surface area contributed by atoms with Crippen LogP contribution in [0, 0.1) is 6.92 Å². The number of benzene rings is 1. The largest absolute Gasteiger partial charge is 0.503 e. The van der Waals surface area contributed by atoms with Gasteiger partial charge in [0.15, 0.2) is 11.5 Å². The first-order valence-electron chi connectivity index (χ1n) is 8.57. The molecule has 0 bridgehead atoms. The molecule has 2 heterocycles. The molecular formula is C20H21NO5. The predicted octanol–water partition coefficient (Wildman–Crippen LogP) is 3.87. The number of rotatable bonds is 6. The number of hydrogen-bond acceptors (Lipinski definition) is 5. The van der Waals surface area contributed by atoms with Crippen molar-refractivity contribution in [1.29, 1.82) is 0 Å². The van der Waals surface area contributed by atoms with Crippen LogP contribution in [0.3, 0.4) is 0 Å². The summed E-state index contributed by atoms with van der Waals surface area (Å²) in [6.45, 7) is 5.90. The highest BCUT2D eigenvalue weighted by Gasteiger charge is 2.45. The van der Waals surface area contributed by atoms with E-state index in [1.54, 1.807) is 50.2 Å². The zero-order chi connectivity index (χ0) is 18.8. The molecule has 1 aromatic carbocycles. The molecule has 6 heteroatoms. The molecule has 1 atom stereocenters. The molecule has 1 amide bonds. The summed E-state index contributed by atoms with van der Waals surface area (Å²) in [5.41, 5.74) is 0.615. The second-order valence-electron chi connectivity index (χ2n) is 5.99. The molecule has 1 aliphatic rings. The summed E-state index contributed by atoms with van der Waals surface area (Å²) >= 11 is 0. The Labute approximate surface area is 151 Å². The van der Waals surface area contributed by atoms with Gasteiger partial charge < -0.3 is 14.3 Å². The molecule has 1 aliphatic heterocycles. The minimum absolute atomic E-state index is 0.0701. The van der Waals surface area contributed by atoms with Gasteiger partial charge in [0.2, 0.25) is 0 Å². The number of carbonyl (C=O) groups is 2. The monoisotopic (exact) mass is 355 g/mol. The predicted molar refractivity (Wildman–Crippen MR) is 96.2 cm³/mol. The lowest BCUT2D eigenvalue weighted by Crippen LogP contribution is -2.30. The van der Waals surface area contributed by atoms with E-state index in [9.17, 15) is 14.7 Å². The van der Waals surface area contributed by atoms with Gasteiger partial charge in [-0.3, -0.25) is 14.5 Å². The maximum atomic E-state index is 12.7. The Hall–Kier alpha value is -3.02. The molecule has 0 saturated carbocycles. The molecule has 0 spiro atoms. The SMILES string of the molecule is CCOc1ccc(N2C(=O)C(O)=C(C(=O)CC)C2c2ccc(C)o2)cc1. The lowest BCUT2D eigenvalue weighted by Gasteiger charge is -2.25. The van der Waals surface area contributed by atoms with Crippen LogP contribution in [-0.2, 0) is 9.59 Å². The van der Waals surface area contributed by atoms with E-state index in [0.29, 0.717) is 29.6 Å². The number of ether oxygens (including phenoxy) is 1. The second kappa shape index (κ2) is 7.07. The Morgan fingerprint density at radius 1 is 1.19 bits per heavy atom. The van der Waals surface area contributed by atoms with Crippen LogP contribution in [-0.4, -0.2) is 23.4 Å². The molecule has 0 saturated heterocycles. The first-order valence-corrected chi connectivity index (χ1v) is 8.57. The number of Topliss-reactive ketones (excluding diaryl/α,β-unsaturated/α-hetero) is 1. The van der Waals surface area contributed by atoms with Gasteiger partial charge in [0, 0.05) is 12.1 Å². The third-order valence-corrected chi connectivity index (χ3v) is 4.29. The van der Waals surface area contributed by atoms with Crippen LogP contribution in [0.4, 0.5) is 5.69 Å². The van der Waals surface area contributed by atoms with Crippen molar-refractivity contribution in [2.75, 3.05) is 11.5 Å². The fourth-order valence-electron chi connectivity index (χ4n) is 3.09. The molecule has 1 N–H and O–H groups in total. The molecule has 1 unspecified atom stereocenters. The number of aliphatic hydroxyl groups excluding tert-OH is 1. The summed E-state index contributed by atoms with van der Waals surface area (Å²) in [7, 11) is 0. The van der Waals surface area contributed by atoms with Crippen molar-refractivity contribution in [3.05, 3.63) is 59.3 Å². The first-order chi connectivity index (χ1) is 12.5. The van der Waals surface area contributed by atoms with Crippen molar-refractivity contribution in [3.8, 4) is 5.75 Å². The molecule has 0 radical (unpaired) electrons. The van der Waals surface area contributed by atoms with Gasteiger partial charge in [0.1, 0.15) is 23.3 Å². The first kappa shape index (κ1) is 17.8. The van der Waals surface area contributed by atoms with Crippen molar-refractivity contribution in [2.45, 2.75) is 33.2 Å². The van der Waals surface area contributed by atoms with Crippen LogP contribution >= 0.6 is 0 Å². The molecule has 26 heavy (non-hydrogen) atoms. The number of nitrogens with zero attached hydrogens (tertiary/aromatic N) is 1. The average molecular weight is 355 g/mol. The van der Waals surface area contributed by atoms with Crippen molar-refractivity contribution in [1.82, 2.24) is 0 Å². The van der Waals surface area contributed by atoms with E-state index in [1.807, 2.05) is 6.92 Å². The Morgan fingerprint density at radius 2 is 1.88 bits per heavy atom. The number of ketones is 1. The summed E-state index contributed by atoms with van der Waals surface area (Å²) in [4.78, 5) is 26.5. The highest BCUT2D eigenvalue weighted by Crippen LogP contribution is 2.42. The van der Waals surface area contributed by atoms with E-state index in [-0.39, 0.29) is 17.8 Å². The minimum atomic E-state index is -0.790. The number of aliphatic hydroxyl groups is 1. The van der Waals surface area contributed by atoms with Gasteiger partial charge in [-0.05, 0) is 50.2 Å². The highest BCUT2D eigenvalue weighted by atomic mass is 16.5. The van der Waals surface area contributed by atoms with E-state index >= 15 is 0 Å². The topological polar surface area (TPSA) is 80.0 Å². The van der Waals surface area contributed by atoms with Crippen LogP contribution in [0.25, 0.3) is 0 Å². The van der Waals surface area contributed by atoms with Crippen molar-refractivity contribution in [3.63, 3.8) is 0 Å². The summed E-state index contributed by atoms with van der Waals surface area (Å²) in [6, 6.07) is 9.62. The zero-order valence-corrected chi connectivity index (χ0v) is 15.0. The summed E-state index contributed by atoms with van der Waals surface area (Å²) in [5.74, 6) is 0.341. The van der Waals surface area contributed by atoms with Gasteiger partial charge in [-0.15, -0.1) is 0 Å². The molecule has 3 rings (SSSR count). The summed E-state index contributed by atoms with van der Waals surface area (Å²) in [6.07, 6.45) is 0.181. The number of aryl methyl sites for hydroxylation is 1. The van der Waals surface area contributed by atoms with Gasteiger partial charge >= 0.3 is 0 Å². The van der Waals surface area contributed by atoms with Gasteiger partial charge in [0.25, 0.3) is 5.91 Å². The van der Waals surface area contributed by atoms with E-state index in [1.165, 1.54) is 4.90 Å². The lowest BCUT2D eigenvalue weighted by molar-refractivity contribution is -0.118. The maximum absolute atomic E-state index is 12.7. The lowest BCUT2D eigenvalue weighted by atomic mass is 9.99. The fraction of sp³-hybridized carbons (Fsp3) is 0.300. The quantitative estimate of drug-likeness (QED) is 0.851. The highest BCUT2D eigenvalue weighted by molar-refractivity contribution is 6.16. The fourth-order valence-corrected chi connectivity index (χ4v) is 3.09. The third-order valence-electron chi connectivity index (χ3n) is 4.29. The average Bonchev–Trinajstić information content (AvgIpc) is 3.17. The molecular weight excluding hydrogens is 334 g/mol. The van der Waals surface area contributed by atoms with E-state index in [2.05, 4.69) is 0 Å². The van der Waals surface area contributed by atoms with Gasteiger partial charge in [-0.2, -0.15) is 0 Å². The van der Waals surface area contributed by atoms with Crippen LogP contribution in [0.5, 0.6) is 5.75 Å². The van der Waals surface area contributed by atoms with Crippen LogP contribution < -0.4 is 9.64 Å². The normalized spacial score (nSPS) is 17.1. The van der Waals surface area contributed by atoms with Crippen molar-refractivity contribution < 1.29 is 23.8 Å². The van der Waals surface area contributed by atoms with E-state index in [4.69, 9.17) is 9.15 Å². The molecule has 0 fully saturated rings. The standard InChI is InChI=1S/C20H21NO5/c1-4-15(22)17-18(16-11-6-12(3)26-16)21(20(24)19(17)23)13-7-9-14(10-8-13)25-5-2/h6-11,18,23H,4-5H2,1-3H3. The number of hydrogen-bond donors (Lipinski definition) is 1. The smallest absolute Gasteiger partial charge is 0.294 e. The zero-order valence-electron chi connectivity index (χ0n) is 15.0. The van der Waals surface area contributed by atoms with Crippen LogP contribution in [0.15, 0.2) is 52.1 Å². The Morgan fingerprint density at radius 3 is 2.42 bits per heavy atom. The Kier molecular flexibility index (Phi) is 4.84. The summed E-state index contributed by atoms with van der Waals surface area (Å²) in [5, 5.41) is 10.4. The molecule has 1 aromatic heterocycles. The number of anilines is 1. The molecule has 0 aliphatic carbocycles. The Balaban J connectivity index is 2.08. The second-order valence-corrected chi connectivity index (χ2v) is 5.99. The van der Waals surface area contributed by atoms with E-state index in [0.717, 1.165) is 0 Å². The van der Waals surface area contributed by atoms with Gasteiger partial charge in [0.05, 0.1) is 12.2 Å². The number of amides is 1. The third kappa shape index (κ3) is 2.98. The number of carbonyl (C=O) groups excluding carboxylic acids is 2. The van der Waals surface area contributed by atoms with Gasteiger partial charge in [-0.25, -0.2) is 0 Å².